The highest BCUT2D eigenvalue weighted by atomic mass is 35.5. The summed E-state index contributed by atoms with van der Waals surface area (Å²) in [4.78, 5) is 31.7. The molecule has 0 unspecified atom stereocenters. The Hall–Kier alpha value is -2.65. The van der Waals surface area contributed by atoms with Crippen LogP contribution in [0.3, 0.4) is 0 Å². The van der Waals surface area contributed by atoms with Gasteiger partial charge in [-0.15, -0.1) is 11.3 Å². The van der Waals surface area contributed by atoms with E-state index in [0.29, 0.717) is 32.6 Å². The monoisotopic (exact) mass is 511 g/mol. The predicted octanol–water partition coefficient (Wildman–Crippen LogP) is 5.15. The summed E-state index contributed by atoms with van der Waals surface area (Å²) in [6, 6.07) is 16.8. The zero-order valence-corrected chi connectivity index (χ0v) is 20.6. The van der Waals surface area contributed by atoms with Gasteiger partial charge in [-0.25, -0.2) is 4.98 Å². The molecule has 1 amide bonds. The van der Waals surface area contributed by atoms with E-state index in [1.54, 1.807) is 4.57 Å². The summed E-state index contributed by atoms with van der Waals surface area (Å²) in [5.41, 5.74) is 2.27. The van der Waals surface area contributed by atoms with Gasteiger partial charge in [0.2, 0.25) is 5.91 Å². The number of hydrogen-bond acceptors (Lipinski definition) is 6. The topological polar surface area (TPSA) is 73.2 Å². The number of halogens is 1. The van der Waals surface area contributed by atoms with E-state index in [1.165, 1.54) is 23.1 Å². The lowest BCUT2D eigenvalue weighted by molar-refractivity contribution is -0.119. The van der Waals surface area contributed by atoms with Gasteiger partial charge in [0.25, 0.3) is 5.56 Å². The zero-order chi connectivity index (χ0) is 23.5. The Morgan fingerprint density at radius 1 is 1.21 bits per heavy atom. The molecule has 1 aliphatic heterocycles. The van der Waals surface area contributed by atoms with Gasteiger partial charge in [-0.05, 0) is 42.7 Å². The van der Waals surface area contributed by atoms with E-state index in [1.807, 2.05) is 60.0 Å². The minimum atomic E-state index is -0.162. The van der Waals surface area contributed by atoms with Crippen molar-refractivity contribution >= 4 is 50.8 Å². The van der Waals surface area contributed by atoms with Crippen molar-refractivity contribution in [2.75, 3.05) is 18.9 Å². The first-order valence-corrected chi connectivity index (χ1v) is 13.2. The van der Waals surface area contributed by atoms with E-state index in [9.17, 15) is 9.59 Å². The molecule has 1 aliphatic rings. The third-order valence-electron chi connectivity index (χ3n) is 5.63. The maximum atomic E-state index is 13.8. The number of fused-ring (bicyclic) bond motifs is 1. The number of nitrogens with one attached hydrogen (secondary N) is 1. The van der Waals surface area contributed by atoms with Crippen molar-refractivity contribution in [2.45, 2.75) is 24.1 Å². The lowest BCUT2D eigenvalue weighted by atomic mass is 10.1. The smallest absolute Gasteiger partial charge is 0.268 e. The van der Waals surface area contributed by atoms with Gasteiger partial charge in [0.1, 0.15) is 4.83 Å². The van der Waals surface area contributed by atoms with Crippen molar-refractivity contribution in [1.29, 1.82) is 0 Å². The van der Waals surface area contributed by atoms with Crippen molar-refractivity contribution in [3.05, 3.63) is 75.4 Å². The van der Waals surface area contributed by atoms with Crippen LogP contribution in [0.2, 0.25) is 5.02 Å². The van der Waals surface area contributed by atoms with Gasteiger partial charge in [-0.1, -0.05) is 53.7 Å². The normalized spacial score (nSPS) is 15.6. The molecule has 0 spiro atoms. The van der Waals surface area contributed by atoms with E-state index < -0.39 is 0 Å². The second kappa shape index (κ2) is 10.3. The third-order valence-corrected chi connectivity index (χ3v) is 7.69. The molecule has 9 heteroatoms. The van der Waals surface area contributed by atoms with Crippen LogP contribution in [0.25, 0.3) is 27.0 Å². The molecule has 0 bridgehead atoms. The number of amides is 1. The van der Waals surface area contributed by atoms with Crippen LogP contribution in [-0.4, -0.2) is 40.5 Å². The molecule has 2 aromatic carbocycles. The second-order valence-electron chi connectivity index (χ2n) is 7.93. The zero-order valence-electron chi connectivity index (χ0n) is 18.2. The van der Waals surface area contributed by atoms with Gasteiger partial charge >= 0.3 is 0 Å². The van der Waals surface area contributed by atoms with Gasteiger partial charge in [-0.2, -0.15) is 0 Å². The lowest BCUT2D eigenvalue weighted by Crippen LogP contribution is -2.33. The number of rotatable bonds is 7. The largest absolute Gasteiger partial charge is 0.376 e. The number of nitrogens with zero attached hydrogens (tertiary/aromatic N) is 2. The molecular formula is C25H22ClN3O3S2. The molecule has 0 saturated carbocycles. The van der Waals surface area contributed by atoms with Gasteiger partial charge in [0, 0.05) is 29.1 Å². The van der Waals surface area contributed by atoms with Gasteiger partial charge in [0.05, 0.1) is 22.9 Å². The minimum Gasteiger partial charge on any atom is -0.376 e. The summed E-state index contributed by atoms with van der Waals surface area (Å²) in [6.07, 6.45) is 2.08. The van der Waals surface area contributed by atoms with Crippen LogP contribution in [-0.2, 0) is 9.53 Å². The molecule has 5 rings (SSSR count). The molecule has 1 saturated heterocycles. The summed E-state index contributed by atoms with van der Waals surface area (Å²) in [5, 5.41) is 6.56. The quantitative estimate of drug-likeness (QED) is 0.274. The van der Waals surface area contributed by atoms with Gasteiger partial charge in [0.15, 0.2) is 5.16 Å². The Morgan fingerprint density at radius 2 is 2.00 bits per heavy atom. The molecule has 6 nitrogen and oxygen atoms in total. The summed E-state index contributed by atoms with van der Waals surface area (Å²) in [7, 11) is 0. The fraction of sp³-hybridized carbons (Fsp3) is 0.240. The molecule has 4 aromatic rings. The molecule has 3 heterocycles. The van der Waals surface area contributed by atoms with Crippen molar-refractivity contribution in [3.63, 3.8) is 0 Å². The SMILES string of the molecule is O=C(CSc1nc2scc(-c3ccc(Cl)cc3)c2c(=O)n1-c1ccccc1)NC[C@H]1CCCO1. The molecule has 1 fully saturated rings. The highest BCUT2D eigenvalue weighted by Crippen LogP contribution is 2.33. The fourth-order valence-corrected chi connectivity index (χ4v) is 5.89. The maximum Gasteiger partial charge on any atom is 0.268 e. The first-order valence-electron chi connectivity index (χ1n) is 11.0. The van der Waals surface area contributed by atoms with Crippen molar-refractivity contribution in [1.82, 2.24) is 14.9 Å². The Labute approximate surface area is 209 Å². The molecule has 34 heavy (non-hydrogen) atoms. The highest BCUT2D eigenvalue weighted by Gasteiger charge is 2.20. The molecule has 2 aromatic heterocycles. The molecule has 1 N–H and O–H groups in total. The highest BCUT2D eigenvalue weighted by molar-refractivity contribution is 7.99. The third kappa shape index (κ3) is 4.90. The van der Waals surface area contributed by atoms with Crippen molar-refractivity contribution in [2.24, 2.45) is 0 Å². The van der Waals surface area contributed by atoms with E-state index in [0.717, 1.165) is 30.6 Å². The second-order valence-corrected chi connectivity index (χ2v) is 10.2. The molecule has 0 radical (unpaired) electrons. The van der Waals surface area contributed by atoms with E-state index in [2.05, 4.69) is 5.32 Å². The Morgan fingerprint density at radius 3 is 2.74 bits per heavy atom. The van der Waals surface area contributed by atoms with Crippen LogP contribution in [0.1, 0.15) is 12.8 Å². The van der Waals surface area contributed by atoms with Crippen LogP contribution in [0, 0.1) is 0 Å². The van der Waals surface area contributed by atoms with Crippen molar-refractivity contribution < 1.29 is 9.53 Å². The number of hydrogen-bond donors (Lipinski definition) is 1. The van der Waals surface area contributed by atoms with Crippen LogP contribution < -0.4 is 10.9 Å². The first kappa shape index (κ1) is 23.1. The van der Waals surface area contributed by atoms with Crippen LogP contribution >= 0.6 is 34.7 Å². The maximum absolute atomic E-state index is 13.8. The molecule has 0 aliphatic carbocycles. The minimum absolute atomic E-state index is 0.0864. The molecule has 174 valence electrons. The van der Waals surface area contributed by atoms with Crippen LogP contribution in [0.4, 0.5) is 0 Å². The Kier molecular flexibility index (Phi) is 7.01. The lowest BCUT2D eigenvalue weighted by Gasteiger charge is -2.13. The first-order chi connectivity index (χ1) is 16.6. The Bertz CT molecular complexity index is 1360. The van der Waals surface area contributed by atoms with Gasteiger partial charge < -0.3 is 10.1 Å². The summed E-state index contributed by atoms with van der Waals surface area (Å²) < 4.78 is 7.16. The van der Waals surface area contributed by atoms with E-state index in [4.69, 9.17) is 21.3 Å². The Balaban J connectivity index is 1.49. The predicted molar refractivity (Wildman–Crippen MR) is 138 cm³/mol. The number of carbonyl (C=O) groups is 1. The summed E-state index contributed by atoms with van der Waals surface area (Å²) >= 11 is 8.73. The summed E-state index contributed by atoms with van der Waals surface area (Å²) in [5.74, 6) is 0.0508. The number of carbonyl (C=O) groups excluding carboxylic acids is 1. The number of para-hydroxylation sites is 1. The fourth-order valence-electron chi connectivity index (χ4n) is 3.93. The number of thiophene rings is 1. The van der Waals surface area contributed by atoms with Gasteiger partial charge in [-0.3, -0.25) is 14.2 Å². The van der Waals surface area contributed by atoms with E-state index >= 15 is 0 Å². The number of benzene rings is 2. The standard InChI is InChI=1S/C25H22ClN3O3S2/c26-17-10-8-16(9-11-17)20-14-33-23-22(20)24(31)29(18-5-2-1-3-6-18)25(28-23)34-15-21(30)27-13-19-7-4-12-32-19/h1-3,5-6,8-11,14,19H,4,7,12-13,15H2,(H,27,30)/t19-/m1/s1. The van der Waals surface area contributed by atoms with Crippen LogP contribution in [0.15, 0.2) is 69.9 Å². The molecular weight excluding hydrogens is 490 g/mol. The number of ether oxygens (including phenoxy) is 1. The number of aromatic nitrogens is 2. The molecule has 1 atom stereocenters. The van der Waals surface area contributed by atoms with Crippen molar-refractivity contribution in [3.8, 4) is 16.8 Å². The summed E-state index contributed by atoms with van der Waals surface area (Å²) in [6.45, 7) is 1.26. The average Bonchev–Trinajstić information content (AvgIpc) is 3.53. The van der Waals surface area contributed by atoms with Crippen LogP contribution in [0.5, 0.6) is 0 Å². The average molecular weight is 512 g/mol. The van der Waals surface area contributed by atoms with E-state index in [-0.39, 0.29) is 23.3 Å². The number of thioether (sulfide) groups is 1.